The fourth-order valence-corrected chi connectivity index (χ4v) is 1.36. The van der Waals surface area contributed by atoms with Gasteiger partial charge in [-0.25, -0.2) is 9.18 Å². The van der Waals surface area contributed by atoms with Gasteiger partial charge >= 0.3 is 6.09 Å². The van der Waals surface area contributed by atoms with Gasteiger partial charge in [-0.05, 0) is 27.8 Å². The van der Waals surface area contributed by atoms with Crippen molar-refractivity contribution in [2.75, 3.05) is 20.1 Å². The lowest BCUT2D eigenvalue weighted by atomic mass is 10.2. The van der Waals surface area contributed by atoms with Crippen LogP contribution in [0.3, 0.4) is 0 Å². The number of aliphatic hydroxyl groups excluding tert-OH is 1. The van der Waals surface area contributed by atoms with Crippen LogP contribution in [0.1, 0.15) is 27.2 Å². The molecule has 1 unspecified atom stereocenters. The van der Waals surface area contributed by atoms with Gasteiger partial charge in [0.15, 0.2) is 0 Å². The molecule has 2 atom stereocenters. The Morgan fingerprint density at radius 1 is 1.40 bits per heavy atom. The summed E-state index contributed by atoms with van der Waals surface area (Å²) in [4.78, 5) is 11.4. The maximum Gasteiger partial charge on any atom is 0.407 e. The molecule has 20 heavy (non-hydrogen) atoms. The predicted octanol–water partition coefficient (Wildman–Crippen LogP) is 0.880. The quantitative estimate of drug-likeness (QED) is 0.499. The van der Waals surface area contributed by atoms with E-state index < -0.39 is 23.6 Å². The predicted molar refractivity (Wildman–Crippen MR) is 76.0 cm³/mol. The van der Waals surface area contributed by atoms with E-state index in [0.29, 0.717) is 0 Å². The zero-order chi connectivity index (χ0) is 15.8. The number of alkyl carbamates (subject to hydrolysis) is 1. The molecule has 0 rings (SSSR count). The van der Waals surface area contributed by atoms with Crippen molar-refractivity contribution < 1.29 is 19.0 Å². The Bertz CT molecular complexity index is 318. The van der Waals surface area contributed by atoms with Crippen LogP contribution in [-0.2, 0) is 4.74 Å². The lowest BCUT2D eigenvalue weighted by Crippen LogP contribution is -2.46. The van der Waals surface area contributed by atoms with Gasteiger partial charge in [0.1, 0.15) is 5.60 Å². The largest absolute Gasteiger partial charge is 0.444 e. The first-order valence-corrected chi connectivity index (χ1v) is 6.53. The van der Waals surface area contributed by atoms with Gasteiger partial charge in [-0.3, -0.25) is 5.32 Å². The Balaban J connectivity index is 3.90. The van der Waals surface area contributed by atoms with Crippen molar-refractivity contribution in [2.45, 2.75) is 45.1 Å². The minimum Gasteiger partial charge on any atom is -0.444 e. The lowest BCUT2D eigenvalue weighted by molar-refractivity contribution is 0.0490. The summed E-state index contributed by atoms with van der Waals surface area (Å²) in [6.45, 7) is 8.70. The van der Waals surface area contributed by atoms with Crippen molar-refractivity contribution in [3.05, 3.63) is 12.4 Å². The molecular formula is C13H26FN3O3. The number of carbonyl (C=O) groups excluding carboxylic acids is 1. The molecule has 118 valence electrons. The molecule has 0 radical (unpaired) electrons. The van der Waals surface area contributed by atoms with Gasteiger partial charge in [0, 0.05) is 19.5 Å². The third-order valence-corrected chi connectivity index (χ3v) is 2.25. The topological polar surface area (TPSA) is 82.6 Å². The van der Waals surface area contributed by atoms with Crippen molar-refractivity contribution in [3.8, 4) is 0 Å². The van der Waals surface area contributed by atoms with E-state index in [1.54, 1.807) is 27.8 Å². The molecular weight excluding hydrogens is 265 g/mol. The first kappa shape index (κ1) is 18.8. The second-order valence-corrected chi connectivity index (χ2v) is 5.51. The molecule has 0 fully saturated rings. The van der Waals surface area contributed by atoms with E-state index in [4.69, 9.17) is 4.74 Å². The van der Waals surface area contributed by atoms with Gasteiger partial charge in [0.2, 0.25) is 0 Å². The third kappa shape index (κ3) is 10.7. The zero-order valence-electron chi connectivity index (χ0n) is 12.6. The van der Waals surface area contributed by atoms with E-state index in [-0.39, 0.29) is 25.7 Å². The molecule has 0 aromatic rings. The van der Waals surface area contributed by atoms with Crippen molar-refractivity contribution in [1.82, 2.24) is 16.0 Å². The number of amides is 1. The highest BCUT2D eigenvalue weighted by Gasteiger charge is 2.17. The Morgan fingerprint density at radius 2 is 2.00 bits per heavy atom. The minimum atomic E-state index is -0.800. The van der Waals surface area contributed by atoms with Crippen molar-refractivity contribution in [1.29, 1.82) is 0 Å². The average molecular weight is 291 g/mol. The van der Waals surface area contributed by atoms with Crippen molar-refractivity contribution in [2.24, 2.45) is 0 Å². The highest BCUT2D eigenvalue weighted by Crippen LogP contribution is 2.06. The lowest BCUT2D eigenvalue weighted by Gasteiger charge is -2.22. The second kappa shape index (κ2) is 8.89. The monoisotopic (exact) mass is 291 g/mol. The van der Waals surface area contributed by atoms with Gasteiger partial charge in [0.25, 0.3) is 0 Å². The number of ether oxygens (including phenoxy) is 1. The molecule has 0 aliphatic rings. The van der Waals surface area contributed by atoms with Gasteiger partial charge < -0.3 is 20.5 Å². The Labute approximate surface area is 119 Å². The first-order chi connectivity index (χ1) is 9.14. The summed E-state index contributed by atoms with van der Waals surface area (Å²) in [6.07, 6.45) is -1.59. The first-order valence-electron chi connectivity index (χ1n) is 6.53. The summed E-state index contributed by atoms with van der Waals surface area (Å²) in [5.41, 5.74) is -0.577. The van der Waals surface area contributed by atoms with E-state index in [0.717, 1.165) is 0 Å². The summed E-state index contributed by atoms with van der Waals surface area (Å²) in [7, 11) is 1.67. The molecule has 0 aromatic carbocycles. The molecule has 6 nitrogen and oxygen atoms in total. The maximum absolute atomic E-state index is 12.7. The zero-order valence-corrected chi connectivity index (χ0v) is 12.6. The third-order valence-electron chi connectivity index (χ3n) is 2.25. The average Bonchev–Trinajstić information content (AvgIpc) is 2.29. The maximum atomic E-state index is 12.7. The molecule has 0 saturated carbocycles. The molecule has 4 N–H and O–H groups in total. The highest BCUT2D eigenvalue weighted by molar-refractivity contribution is 5.67. The minimum absolute atomic E-state index is 0.0505. The van der Waals surface area contributed by atoms with Crippen LogP contribution >= 0.6 is 0 Å². The van der Waals surface area contributed by atoms with Crippen molar-refractivity contribution in [3.63, 3.8) is 0 Å². The Kier molecular flexibility index (Phi) is 8.36. The van der Waals surface area contributed by atoms with Gasteiger partial charge in [-0.1, -0.05) is 6.58 Å². The van der Waals surface area contributed by atoms with Crippen LogP contribution in [0, 0.1) is 0 Å². The van der Waals surface area contributed by atoms with Crippen LogP contribution in [0.2, 0.25) is 0 Å². The summed E-state index contributed by atoms with van der Waals surface area (Å²) in [6, 6.07) is 0. The van der Waals surface area contributed by atoms with Crippen molar-refractivity contribution >= 4 is 6.09 Å². The Morgan fingerprint density at radius 3 is 2.45 bits per heavy atom. The fraction of sp³-hybridized carbons (Fsp3) is 0.769. The number of hydrogen-bond acceptors (Lipinski definition) is 5. The van der Waals surface area contributed by atoms with E-state index in [2.05, 4.69) is 22.5 Å². The van der Waals surface area contributed by atoms with E-state index in [1.807, 2.05) is 0 Å². The molecule has 0 bridgehead atoms. The van der Waals surface area contributed by atoms with Crippen LogP contribution in [0.5, 0.6) is 0 Å². The number of aliphatic hydroxyl groups is 1. The molecule has 0 aromatic heterocycles. The molecule has 1 amide bonds. The van der Waals surface area contributed by atoms with Gasteiger partial charge in [0.05, 0.1) is 18.1 Å². The number of hydrogen-bond donors (Lipinski definition) is 4. The van der Waals surface area contributed by atoms with E-state index in [1.165, 1.54) is 0 Å². The van der Waals surface area contributed by atoms with Crippen LogP contribution in [0.25, 0.3) is 0 Å². The molecule has 0 aliphatic carbocycles. The van der Waals surface area contributed by atoms with Crippen LogP contribution in [0.15, 0.2) is 12.4 Å². The number of nitrogens with one attached hydrogen (secondary N) is 3. The second-order valence-electron chi connectivity index (χ2n) is 5.51. The molecule has 0 saturated heterocycles. The normalized spacial score (nSPS) is 14.5. The highest BCUT2D eigenvalue weighted by atomic mass is 19.1. The van der Waals surface area contributed by atoms with Gasteiger partial charge in [-0.15, -0.1) is 0 Å². The van der Waals surface area contributed by atoms with Crippen LogP contribution < -0.4 is 16.0 Å². The summed E-state index contributed by atoms with van der Waals surface area (Å²) < 4.78 is 17.7. The molecule has 0 aliphatic heterocycles. The van der Waals surface area contributed by atoms with Crippen LogP contribution in [-0.4, -0.2) is 49.2 Å². The summed E-state index contributed by atoms with van der Waals surface area (Å²) in [5.74, 6) is -0.446. The van der Waals surface area contributed by atoms with E-state index >= 15 is 0 Å². The van der Waals surface area contributed by atoms with E-state index in [9.17, 15) is 14.3 Å². The number of halogens is 1. The smallest absolute Gasteiger partial charge is 0.407 e. The Hall–Kier alpha value is -1.18. The molecule has 0 heterocycles. The SMILES string of the molecule is C=C(F)CC(NC)NC[C@H](O)CNC(=O)OC(C)(C)C. The summed E-state index contributed by atoms with van der Waals surface area (Å²) in [5, 5.41) is 17.9. The van der Waals surface area contributed by atoms with Gasteiger partial charge in [-0.2, -0.15) is 0 Å². The molecule has 0 spiro atoms. The standard InChI is InChI=1S/C13H26FN3O3/c1-9(14)6-11(15-5)16-7-10(18)8-17-12(19)20-13(2,3)4/h10-11,15-16,18H,1,6-8H2,2-5H3,(H,17,19)/t10-,11?/m0/s1. The number of carbonyl (C=O) groups is 1. The fourth-order valence-electron chi connectivity index (χ4n) is 1.36. The van der Waals surface area contributed by atoms with Crippen LogP contribution in [0.4, 0.5) is 9.18 Å². The number of rotatable bonds is 8. The molecule has 7 heteroatoms. The summed E-state index contributed by atoms with van der Waals surface area (Å²) >= 11 is 0.